The number of carbonyl (C=O) groups is 1. The maximum absolute atomic E-state index is 11.6. The van der Waals surface area contributed by atoms with Gasteiger partial charge in [-0.3, -0.25) is 4.79 Å². The highest BCUT2D eigenvalue weighted by Gasteiger charge is 2.06. The molecule has 0 aliphatic heterocycles. The highest BCUT2D eigenvalue weighted by Crippen LogP contribution is 2.21. The SMILES string of the molecule is Cc1cccc(C)c1OCC(=O)NN=CC=Cc1ccco1. The minimum atomic E-state index is -0.315. The van der Waals surface area contributed by atoms with Crippen molar-refractivity contribution < 1.29 is 13.9 Å². The van der Waals surface area contributed by atoms with Crippen molar-refractivity contribution in [3.05, 3.63) is 59.6 Å². The summed E-state index contributed by atoms with van der Waals surface area (Å²) in [7, 11) is 0. The van der Waals surface area contributed by atoms with Crippen LogP contribution in [-0.2, 0) is 4.79 Å². The lowest BCUT2D eigenvalue weighted by atomic mass is 10.1. The Bertz CT molecular complexity index is 653. The molecule has 0 spiro atoms. The number of hydrogen-bond acceptors (Lipinski definition) is 4. The molecule has 114 valence electrons. The van der Waals surface area contributed by atoms with Gasteiger partial charge in [0.25, 0.3) is 5.91 Å². The number of nitrogens with zero attached hydrogens (tertiary/aromatic N) is 1. The molecular weight excluding hydrogens is 280 g/mol. The molecule has 1 aromatic heterocycles. The van der Waals surface area contributed by atoms with Crippen molar-refractivity contribution in [1.82, 2.24) is 5.43 Å². The number of aryl methyl sites for hydroxylation is 2. The lowest BCUT2D eigenvalue weighted by molar-refractivity contribution is -0.123. The third-order valence-corrected chi connectivity index (χ3v) is 2.91. The highest BCUT2D eigenvalue weighted by molar-refractivity contribution is 5.81. The molecule has 1 N–H and O–H groups in total. The fourth-order valence-electron chi connectivity index (χ4n) is 1.87. The van der Waals surface area contributed by atoms with Gasteiger partial charge in [-0.25, -0.2) is 5.43 Å². The molecule has 0 bridgehead atoms. The molecule has 22 heavy (non-hydrogen) atoms. The van der Waals surface area contributed by atoms with Crippen molar-refractivity contribution in [3.8, 4) is 5.75 Å². The Labute approximate surface area is 129 Å². The number of carbonyl (C=O) groups excluding carboxylic acids is 1. The second-order valence-electron chi connectivity index (χ2n) is 4.70. The number of rotatable bonds is 6. The van der Waals surface area contributed by atoms with Crippen LogP contribution < -0.4 is 10.2 Å². The third kappa shape index (κ3) is 4.63. The monoisotopic (exact) mass is 298 g/mol. The van der Waals surface area contributed by atoms with Crippen LogP contribution in [0.15, 0.2) is 52.2 Å². The summed E-state index contributed by atoms with van der Waals surface area (Å²) in [6.45, 7) is 3.81. The number of benzene rings is 1. The summed E-state index contributed by atoms with van der Waals surface area (Å²) in [5, 5.41) is 3.79. The molecule has 1 heterocycles. The zero-order chi connectivity index (χ0) is 15.8. The van der Waals surface area contributed by atoms with Crippen molar-refractivity contribution in [1.29, 1.82) is 0 Å². The minimum Gasteiger partial charge on any atom is -0.483 e. The van der Waals surface area contributed by atoms with E-state index in [1.54, 1.807) is 24.5 Å². The Balaban J connectivity index is 1.76. The molecule has 2 rings (SSSR count). The van der Waals surface area contributed by atoms with E-state index in [1.807, 2.05) is 38.1 Å². The first-order valence-corrected chi connectivity index (χ1v) is 6.88. The van der Waals surface area contributed by atoms with E-state index in [4.69, 9.17) is 9.15 Å². The zero-order valence-corrected chi connectivity index (χ0v) is 12.6. The van der Waals surface area contributed by atoms with Gasteiger partial charge in [0.15, 0.2) is 6.61 Å². The van der Waals surface area contributed by atoms with Crippen LogP contribution in [-0.4, -0.2) is 18.7 Å². The van der Waals surface area contributed by atoms with E-state index < -0.39 is 0 Å². The first kappa shape index (κ1) is 15.6. The van der Waals surface area contributed by atoms with Crippen LogP contribution in [0.5, 0.6) is 5.75 Å². The Morgan fingerprint density at radius 3 is 2.73 bits per heavy atom. The number of ether oxygens (including phenoxy) is 1. The van der Waals surface area contributed by atoms with Gasteiger partial charge < -0.3 is 9.15 Å². The summed E-state index contributed by atoms with van der Waals surface area (Å²) >= 11 is 0. The molecule has 0 aliphatic carbocycles. The number of hydrogen-bond donors (Lipinski definition) is 1. The Morgan fingerprint density at radius 2 is 2.05 bits per heavy atom. The molecule has 5 nitrogen and oxygen atoms in total. The second-order valence-corrected chi connectivity index (χ2v) is 4.70. The largest absolute Gasteiger partial charge is 0.483 e. The molecule has 0 saturated carbocycles. The van der Waals surface area contributed by atoms with Gasteiger partial charge in [-0.2, -0.15) is 5.10 Å². The van der Waals surface area contributed by atoms with Gasteiger partial charge in [0.1, 0.15) is 11.5 Å². The normalized spacial score (nSPS) is 11.2. The van der Waals surface area contributed by atoms with Crippen molar-refractivity contribution >= 4 is 18.2 Å². The van der Waals surface area contributed by atoms with Crippen LogP contribution in [0, 0.1) is 13.8 Å². The summed E-state index contributed by atoms with van der Waals surface area (Å²) in [4.78, 5) is 11.6. The summed E-state index contributed by atoms with van der Waals surface area (Å²) < 4.78 is 10.6. The average Bonchev–Trinajstić information content (AvgIpc) is 2.99. The predicted molar refractivity (Wildman–Crippen MR) is 85.8 cm³/mol. The smallest absolute Gasteiger partial charge is 0.277 e. The van der Waals surface area contributed by atoms with E-state index in [2.05, 4.69) is 10.5 Å². The van der Waals surface area contributed by atoms with Crippen LogP contribution in [0.3, 0.4) is 0 Å². The number of amides is 1. The van der Waals surface area contributed by atoms with E-state index in [0.717, 1.165) is 22.6 Å². The first-order chi connectivity index (χ1) is 10.7. The van der Waals surface area contributed by atoms with Crippen LogP contribution in [0.4, 0.5) is 0 Å². The minimum absolute atomic E-state index is 0.0784. The predicted octanol–water partition coefficient (Wildman–Crippen LogP) is 3.09. The second kappa shape index (κ2) is 7.83. The molecule has 0 saturated heterocycles. The molecule has 0 fully saturated rings. The molecule has 1 aromatic carbocycles. The van der Waals surface area contributed by atoms with E-state index in [0.29, 0.717) is 0 Å². The Morgan fingerprint density at radius 1 is 1.27 bits per heavy atom. The highest BCUT2D eigenvalue weighted by atomic mass is 16.5. The quantitative estimate of drug-likeness (QED) is 0.658. The van der Waals surface area contributed by atoms with Crippen molar-refractivity contribution in [2.75, 3.05) is 6.61 Å². The Kier molecular flexibility index (Phi) is 5.54. The van der Waals surface area contributed by atoms with E-state index in [-0.39, 0.29) is 12.5 Å². The molecule has 0 aliphatic rings. The van der Waals surface area contributed by atoms with Crippen LogP contribution >= 0.6 is 0 Å². The molecule has 0 unspecified atom stereocenters. The molecule has 2 aromatic rings. The number of nitrogens with one attached hydrogen (secondary N) is 1. The number of hydrazone groups is 1. The zero-order valence-electron chi connectivity index (χ0n) is 12.6. The third-order valence-electron chi connectivity index (χ3n) is 2.91. The van der Waals surface area contributed by atoms with Gasteiger partial charge in [0, 0.05) is 6.21 Å². The van der Waals surface area contributed by atoms with Gasteiger partial charge >= 0.3 is 0 Å². The fourth-order valence-corrected chi connectivity index (χ4v) is 1.87. The first-order valence-electron chi connectivity index (χ1n) is 6.88. The van der Waals surface area contributed by atoms with Gasteiger partial charge in [0.2, 0.25) is 0 Å². The summed E-state index contributed by atoms with van der Waals surface area (Å²) in [6.07, 6.45) is 6.47. The van der Waals surface area contributed by atoms with Gasteiger partial charge in [0.05, 0.1) is 6.26 Å². The lowest BCUT2D eigenvalue weighted by Gasteiger charge is -2.10. The Hall–Kier alpha value is -2.82. The molecule has 0 atom stereocenters. The lowest BCUT2D eigenvalue weighted by Crippen LogP contribution is -2.24. The fraction of sp³-hybridized carbons (Fsp3) is 0.176. The van der Waals surface area contributed by atoms with E-state index in [1.165, 1.54) is 6.21 Å². The summed E-state index contributed by atoms with van der Waals surface area (Å²) in [5.74, 6) is 1.14. The molecule has 5 heteroatoms. The van der Waals surface area contributed by atoms with Crippen molar-refractivity contribution in [2.24, 2.45) is 5.10 Å². The van der Waals surface area contributed by atoms with Crippen molar-refractivity contribution in [2.45, 2.75) is 13.8 Å². The van der Waals surface area contributed by atoms with Gasteiger partial charge in [-0.05, 0) is 49.3 Å². The number of furan rings is 1. The standard InChI is InChI=1S/C17H18N2O3/c1-13-6-3-7-14(2)17(13)22-12-16(20)19-18-10-4-8-15-9-5-11-21-15/h3-11H,12H2,1-2H3,(H,19,20). The topological polar surface area (TPSA) is 63.8 Å². The average molecular weight is 298 g/mol. The number of allylic oxidation sites excluding steroid dienone is 1. The van der Waals surface area contributed by atoms with E-state index >= 15 is 0 Å². The maximum atomic E-state index is 11.6. The van der Waals surface area contributed by atoms with Gasteiger partial charge in [-0.15, -0.1) is 0 Å². The number of para-hydroxylation sites is 1. The molecule has 1 amide bonds. The molecule has 0 radical (unpaired) electrons. The molecular formula is C17H18N2O3. The maximum Gasteiger partial charge on any atom is 0.277 e. The van der Waals surface area contributed by atoms with Crippen molar-refractivity contribution in [3.63, 3.8) is 0 Å². The van der Waals surface area contributed by atoms with Crippen LogP contribution in [0.2, 0.25) is 0 Å². The summed E-state index contributed by atoms with van der Waals surface area (Å²) in [5.41, 5.74) is 4.39. The van der Waals surface area contributed by atoms with Crippen LogP contribution in [0.1, 0.15) is 16.9 Å². The van der Waals surface area contributed by atoms with Crippen LogP contribution in [0.25, 0.3) is 6.08 Å². The van der Waals surface area contributed by atoms with Gasteiger partial charge in [-0.1, -0.05) is 18.2 Å². The summed E-state index contributed by atoms with van der Waals surface area (Å²) in [6, 6.07) is 9.45. The van der Waals surface area contributed by atoms with E-state index in [9.17, 15) is 4.79 Å².